The summed E-state index contributed by atoms with van der Waals surface area (Å²) in [6, 6.07) is 5.65. The molecule has 2 rings (SSSR count). The SMILES string of the molecule is Clc1cccc(CC2CO2)n1. The van der Waals surface area contributed by atoms with E-state index >= 15 is 0 Å². The zero-order valence-electron chi connectivity index (χ0n) is 5.96. The highest BCUT2D eigenvalue weighted by Gasteiger charge is 2.22. The summed E-state index contributed by atoms with van der Waals surface area (Å²) in [7, 11) is 0. The number of pyridine rings is 1. The maximum atomic E-state index is 5.70. The van der Waals surface area contributed by atoms with Crippen molar-refractivity contribution in [2.75, 3.05) is 6.61 Å². The van der Waals surface area contributed by atoms with E-state index in [0.29, 0.717) is 11.3 Å². The van der Waals surface area contributed by atoms with Crippen molar-refractivity contribution in [2.45, 2.75) is 12.5 Å². The van der Waals surface area contributed by atoms with Crippen LogP contribution in [-0.4, -0.2) is 17.7 Å². The van der Waals surface area contributed by atoms with Gasteiger partial charge in [0.25, 0.3) is 0 Å². The average Bonchev–Trinajstić information content (AvgIpc) is 2.71. The number of nitrogens with zero attached hydrogens (tertiary/aromatic N) is 1. The maximum Gasteiger partial charge on any atom is 0.129 e. The molecule has 1 atom stereocenters. The molecule has 1 fully saturated rings. The summed E-state index contributed by atoms with van der Waals surface area (Å²) in [6.07, 6.45) is 1.28. The average molecular weight is 170 g/mol. The number of hydrogen-bond acceptors (Lipinski definition) is 2. The van der Waals surface area contributed by atoms with Crippen LogP contribution < -0.4 is 0 Å². The fourth-order valence-electron chi connectivity index (χ4n) is 0.983. The highest BCUT2D eigenvalue weighted by Crippen LogP contribution is 2.15. The monoisotopic (exact) mass is 169 g/mol. The van der Waals surface area contributed by atoms with Crippen LogP contribution in [-0.2, 0) is 11.2 Å². The topological polar surface area (TPSA) is 25.4 Å². The van der Waals surface area contributed by atoms with E-state index in [9.17, 15) is 0 Å². The van der Waals surface area contributed by atoms with Crippen LogP contribution >= 0.6 is 11.6 Å². The molecule has 1 aromatic rings. The minimum atomic E-state index is 0.390. The fourth-order valence-corrected chi connectivity index (χ4v) is 1.16. The molecule has 1 aromatic heterocycles. The molecule has 1 unspecified atom stereocenters. The Kier molecular flexibility index (Phi) is 1.80. The van der Waals surface area contributed by atoms with E-state index in [0.717, 1.165) is 18.7 Å². The predicted octanol–water partition coefficient (Wildman–Crippen LogP) is 1.68. The summed E-state index contributed by atoms with van der Waals surface area (Å²) in [5.41, 5.74) is 1.01. The molecule has 0 aromatic carbocycles. The van der Waals surface area contributed by atoms with E-state index in [2.05, 4.69) is 4.98 Å². The van der Waals surface area contributed by atoms with E-state index in [4.69, 9.17) is 16.3 Å². The van der Waals surface area contributed by atoms with Crippen LogP contribution in [0.4, 0.5) is 0 Å². The summed E-state index contributed by atoms with van der Waals surface area (Å²) < 4.78 is 5.07. The lowest BCUT2D eigenvalue weighted by molar-refractivity contribution is 0.406. The van der Waals surface area contributed by atoms with Crippen LogP contribution in [0.25, 0.3) is 0 Å². The van der Waals surface area contributed by atoms with Crippen LogP contribution in [0.1, 0.15) is 5.69 Å². The molecule has 11 heavy (non-hydrogen) atoms. The van der Waals surface area contributed by atoms with Crippen molar-refractivity contribution in [3.63, 3.8) is 0 Å². The van der Waals surface area contributed by atoms with Crippen molar-refractivity contribution in [3.05, 3.63) is 29.0 Å². The first kappa shape index (κ1) is 7.07. The van der Waals surface area contributed by atoms with Crippen molar-refractivity contribution >= 4 is 11.6 Å². The van der Waals surface area contributed by atoms with Gasteiger partial charge in [0.2, 0.25) is 0 Å². The zero-order chi connectivity index (χ0) is 7.68. The van der Waals surface area contributed by atoms with Gasteiger partial charge in [-0.15, -0.1) is 0 Å². The molecule has 1 saturated heterocycles. The van der Waals surface area contributed by atoms with E-state index in [1.165, 1.54) is 0 Å². The van der Waals surface area contributed by atoms with Gasteiger partial charge in [-0.3, -0.25) is 0 Å². The Morgan fingerprint density at radius 3 is 3.09 bits per heavy atom. The molecule has 0 spiro atoms. The normalized spacial score (nSPS) is 21.7. The zero-order valence-corrected chi connectivity index (χ0v) is 6.71. The summed E-state index contributed by atoms with van der Waals surface area (Å²) in [5, 5.41) is 0.558. The number of aromatic nitrogens is 1. The molecule has 0 saturated carbocycles. The summed E-state index contributed by atoms with van der Waals surface area (Å²) in [6.45, 7) is 0.869. The smallest absolute Gasteiger partial charge is 0.129 e. The molecule has 58 valence electrons. The Morgan fingerprint density at radius 1 is 1.64 bits per heavy atom. The van der Waals surface area contributed by atoms with Gasteiger partial charge in [-0.2, -0.15) is 0 Å². The van der Waals surface area contributed by atoms with E-state index in [1.54, 1.807) is 6.07 Å². The van der Waals surface area contributed by atoms with Gasteiger partial charge >= 0.3 is 0 Å². The van der Waals surface area contributed by atoms with Crippen LogP contribution in [0.3, 0.4) is 0 Å². The Hall–Kier alpha value is -0.600. The van der Waals surface area contributed by atoms with Crippen molar-refractivity contribution < 1.29 is 4.74 Å². The predicted molar refractivity (Wildman–Crippen MR) is 42.7 cm³/mol. The molecule has 1 aliphatic heterocycles. The minimum Gasteiger partial charge on any atom is -0.373 e. The number of halogens is 1. The standard InChI is InChI=1S/C8H8ClNO/c9-8-3-1-2-6(10-8)4-7-5-11-7/h1-3,7H,4-5H2. The molecule has 2 nitrogen and oxygen atoms in total. The summed E-state index contributed by atoms with van der Waals surface area (Å²) in [5.74, 6) is 0. The number of epoxide rings is 1. The van der Waals surface area contributed by atoms with Gasteiger partial charge < -0.3 is 4.74 Å². The molecule has 2 heterocycles. The van der Waals surface area contributed by atoms with Crippen molar-refractivity contribution in [2.24, 2.45) is 0 Å². The van der Waals surface area contributed by atoms with Crippen LogP contribution in [0.2, 0.25) is 5.15 Å². The van der Waals surface area contributed by atoms with Crippen molar-refractivity contribution in [1.29, 1.82) is 0 Å². The maximum absolute atomic E-state index is 5.70. The van der Waals surface area contributed by atoms with Gasteiger partial charge in [0.05, 0.1) is 12.7 Å². The molecule has 0 radical (unpaired) electrons. The first-order chi connectivity index (χ1) is 5.34. The molecule has 0 amide bonds. The van der Waals surface area contributed by atoms with Crippen LogP contribution in [0, 0.1) is 0 Å². The fraction of sp³-hybridized carbons (Fsp3) is 0.375. The third-order valence-corrected chi connectivity index (χ3v) is 1.82. The minimum absolute atomic E-state index is 0.390. The Bertz CT molecular complexity index is 260. The highest BCUT2D eigenvalue weighted by molar-refractivity contribution is 6.29. The summed E-state index contributed by atoms with van der Waals surface area (Å²) in [4.78, 5) is 4.14. The van der Waals surface area contributed by atoms with Gasteiger partial charge in [0.15, 0.2) is 0 Å². The molecule has 0 N–H and O–H groups in total. The molecular weight excluding hydrogens is 162 g/mol. The Labute approximate surface area is 70.2 Å². The van der Waals surface area contributed by atoms with E-state index in [1.807, 2.05) is 12.1 Å². The lowest BCUT2D eigenvalue weighted by Gasteiger charge is -1.95. The summed E-state index contributed by atoms with van der Waals surface area (Å²) >= 11 is 5.70. The lowest BCUT2D eigenvalue weighted by atomic mass is 10.2. The van der Waals surface area contributed by atoms with Crippen molar-refractivity contribution in [1.82, 2.24) is 4.98 Å². The third-order valence-electron chi connectivity index (χ3n) is 1.61. The second-order valence-corrected chi connectivity index (χ2v) is 3.00. The van der Waals surface area contributed by atoms with Crippen LogP contribution in [0.15, 0.2) is 18.2 Å². The van der Waals surface area contributed by atoms with Crippen molar-refractivity contribution in [3.8, 4) is 0 Å². The number of hydrogen-bond donors (Lipinski definition) is 0. The number of ether oxygens (including phenoxy) is 1. The lowest BCUT2D eigenvalue weighted by Crippen LogP contribution is -1.95. The molecule has 0 bridgehead atoms. The van der Waals surface area contributed by atoms with Crippen LogP contribution in [0.5, 0.6) is 0 Å². The van der Waals surface area contributed by atoms with Gasteiger partial charge in [-0.05, 0) is 12.1 Å². The second kappa shape index (κ2) is 2.80. The quantitative estimate of drug-likeness (QED) is 0.497. The molecule has 0 aliphatic carbocycles. The van der Waals surface area contributed by atoms with E-state index in [-0.39, 0.29) is 0 Å². The first-order valence-electron chi connectivity index (χ1n) is 3.57. The Balaban J connectivity index is 2.10. The number of rotatable bonds is 2. The van der Waals surface area contributed by atoms with E-state index < -0.39 is 0 Å². The Morgan fingerprint density at radius 2 is 2.45 bits per heavy atom. The van der Waals surface area contributed by atoms with Gasteiger partial charge in [-0.25, -0.2) is 4.98 Å². The van der Waals surface area contributed by atoms with Gasteiger partial charge in [0.1, 0.15) is 5.15 Å². The molecule has 1 aliphatic rings. The second-order valence-electron chi connectivity index (χ2n) is 2.61. The largest absolute Gasteiger partial charge is 0.373 e. The van der Waals surface area contributed by atoms with Gasteiger partial charge in [-0.1, -0.05) is 17.7 Å². The third kappa shape index (κ3) is 1.91. The molecule has 3 heteroatoms. The first-order valence-corrected chi connectivity index (χ1v) is 3.95. The molecular formula is C8H8ClNO. The highest BCUT2D eigenvalue weighted by atomic mass is 35.5. The van der Waals surface area contributed by atoms with Gasteiger partial charge in [0, 0.05) is 12.1 Å².